The highest BCUT2D eigenvalue weighted by Crippen LogP contribution is 2.50. The Hall–Kier alpha value is -5.08. The number of rotatable bonds is 8. The number of ether oxygens (including phenoxy) is 2. The fraction of sp³-hybridized carbons (Fsp3) is 0.567. The predicted molar refractivity (Wildman–Crippen MR) is 274 cm³/mol. The van der Waals surface area contributed by atoms with E-state index in [1.54, 1.807) is 17.0 Å². The van der Waals surface area contributed by atoms with Gasteiger partial charge in [-0.15, -0.1) is 0 Å². The lowest BCUT2D eigenvalue weighted by molar-refractivity contribution is -0.182. The summed E-state index contributed by atoms with van der Waals surface area (Å²) < 4.78 is 143. The molecule has 2 aliphatic carbocycles. The topological polar surface area (TPSA) is 94.6 Å². The summed E-state index contributed by atoms with van der Waals surface area (Å²) in [7, 11) is 0. The fourth-order valence-electron chi connectivity index (χ4n) is 13.2. The summed E-state index contributed by atoms with van der Waals surface area (Å²) in [5, 5.41) is 12.5. The summed E-state index contributed by atoms with van der Waals surface area (Å²) in [6.07, 6.45) is 2.32. The molecule has 6 aliphatic heterocycles. The molecule has 9 nitrogen and oxygen atoms in total. The van der Waals surface area contributed by atoms with E-state index in [-0.39, 0.29) is 66.1 Å². The van der Waals surface area contributed by atoms with Crippen molar-refractivity contribution >= 4 is 11.9 Å². The summed E-state index contributed by atoms with van der Waals surface area (Å²) >= 11 is 0. The minimum atomic E-state index is -4.65. The molecule has 4 atom stereocenters. The first-order valence-electron chi connectivity index (χ1n) is 28.0. The number of carboxylic acid groups (broad SMARTS) is 1. The molecular formula is C60H68F10N4O5. The number of hydrogen-bond acceptors (Lipinski definition) is 7. The Morgan fingerprint density at radius 1 is 0.557 bits per heavy atom. The van der Waals surface area contributed by atoms with Crippen molar-refractivity contribution in [2.45, 2.75) is 150 Å². The third-order valence-corrected chi connectivity index (χ3v) is 18.1. The average molecular weight is 1120 g/mol. The molecule has 428 valence electrons. The van der Waals surface area contributed by atoms with Gasteiger partial charge in [-0.1, -0.05) is 24.3 Å². The van der Waals surface area contributed by atoms with Gasteiger partial charge in [0.25, 0.3) is 5.91 Å². The number of aliphatic carboxylic acids is 1. The van der Waals surface area contributed by atoms with Crippen LogP contribution >= 0.6 is 0 Å². The number of benzene rings is 4. The molecule has 4 aromatic rings. The molecule has 0 radical (unpaired) electrons. The molecule has 2 N–H and O–H groups in total. The zero-order valence-corrected chi connectivity index (χ0v) is 44.1. The number of carboxylic acids is 1. The lowest BCUT2D eigenvalue weighted by atomic mass is 9.83. The van der Waals surface area contributed by atoms with Gasteiger partial charge in [0.2, 0.25) is 0 Å². The van der Waals surface area contributed by atoms with Crippen LogP contribution in [-0.4, -0.2) is 107 Å². The van der Waals surface area contributed by atoms with Crippen LogP contribution < -0.4 is 5.32 Å². The highest BCUT2D eigenvalue weighted by molar-refractivity contribution is 5.86. The Morgan fingerprint density at radius 2 is 1.00 bits per heavy atom. The highest BCUT2D eigenvalue weighted by Gasteiger charge is 2.57. The number of piperidine rings is 2. The Bertz CT molecular complexity index is 2770. The first-order valence-corrected chi connectivity index (χ1v) is 28.0. The number of alkyl halides is 6. The molecule has 4 aromatic carbocycles. The first-order chi connectivity index (χ1) is 37.7. The maximum absolute atomic E-state index is 14.5. The van der Waals surface area contributed by atoms with E-state index in [0.29, 0.717) is 86.7 Å². The Balaban J connectivity index is 0.000000149. The fourth-order valence-corrected chi connectivity index (χ4v) is 13.2. The van der Waals surface area contributed by atoms with Gasteiger partial charge in [-0.2, -0.15) is 26.3 Å². The third-order valence-electron chi connectivity index (χ3n) is 18.1. The number of likely N-dealkylation sites (tertiary alicyclic amines) is 2. The van der Waals surface area contributed by atoms with Crippen molar-refractivity contribution in [2.24, 2.45) is 11.8 Å². The van der Waals surface area contributed by atoms with Crippen LogP contribution in [0.3, 0.4) is 0 Å². The summed E-state index contributed by atoms with van der Waals surface area (Å²) in [4.78, 5) is 32.0. The molecule has 12 rings (SSSR count). The molecule has 6 fully saturated rings. The molecule has 0 bridgehead atoms. The normalized spacial score (nSPS) is 26.4. The second-order valence-corrected chi connectivity index (χ2v) is 23.0. The Morgan fingerprint density at radius 3 is 1.43 bits per heavy atom. The smallest absolute Gasteiger partial charge is 0.416 e. The van der Waals surface area contributed by atoms with Crippen LogP contribution in [0.15, 0.2) is 72.8 Å². The van der Waals surface area contributed by atoms with Gasteiger partial charge in [0.05, 0.1) is 24.3 Å². The van der Waals surface area contributed by atoms with E-state index in [4.69, 9.17) is 9.47 Å². The maximum atomic E-state index is 14.5. The molecule has 4 saturated heterocycles. The number of fused-ring (bicyclic) bond motifs is 2. The lowest BCUT2D eigenvalue weighted by Crippen LogP contribution is -2.58. The largest absolute Gasteiger partial charge is 0.479 e. The number of amides is 1. The molecule has 79 heavy (non-hydrogen) atoms. The van der Waals surface area contributed by atoms with Crippen LogP contribution in [0.2, 0.25) is 0 Å². The molecule has 8 aliphatic rings. The molecule has 2 saturated carbocycles. The van der Waals surface area contributed by atoms with E-state index in [2.05, 4.69) is 15.1 Å². The molecule has 6 heterocycles. The zero-order chi connectivity index (χ0) is 55.9. The van der Waals surface area contributed by atoms with Crippen molar-refractivity contribution in [3.05, 3.63) is 141 Å². The number of carbonyl (C=O) groups excluding carboxylic acids is 1. The average Bonchev–Trinajstić information content (AvgIpc) is 4.60. The molecule has 0 aromatic heterocycles. The first kappa shape index (κ1) is 57.2. The second-order valence-electron chi connectivity index (χ2n) is 23.0. The monoisotopic (exact) mass is 1110 g/mol. The van der Waals surface area contributed by atoms with Gasteiger partial charge in [0.1, 0.15) is 28.9 Å². The molecule has 1 amide bonds. The standard InChI is InChI=1S/C30H33F5N2O2.C20H26FNO3.C10H9F4N/c31-24-5-1-19(2-6-24)20-8-12-36(13-9-20)25-7-11-29(39-18-25,22-3-4-22)28(38)37-14-10-26-21(17-37)15-23(16-27(26)32)30(33,34)35;21-17-5-1-14(2-6-17)15-8-11-22(12-9-15)18-7-10-20(19(23)24,25-13-18)16-3-4-16;11-9-4-7(10(12,13)14)3-6-5-15-2-1-8(6)9/h1-2,5-6,15-16,20,22,25H,3-4,7-14,17-18H2;1-2,5-6,15-16,18H,3-4,7-13H2,(H,23,24);3-4,15H,1-2,5H2/t25-,29+;18-,20+;/m11./s1. The van der Waals surface area contributed by atoms with Crippen molar-refractivity contribution in [3.63, 3.8) is 0 Å². The van der Waals surface area contributed by atoms with Crippen LogP contribution in [0, 0.1) is 35.1 Å². The second kappa shape index (κ2) is 23.4. The number of nitrogens with one attached hydrogen (secondary N) is 1. The number of hydrogen-bond donors (Lipinski definition) is 2. The van der Waals surface area contributed by atoms with Gasteiger partial charge in [-0.25, -0.2) is 22.4 Å². The third kappa shape index (κ3) is 12.9. The van der Waals surface area contributed by atoms with Crippen LogP contribution in [0.1, 0.15) is 133 Å². The van der Waals surface area contributed by atoms with Crippen LogP contribution in [0.5, 0.6) is 0 Å². The van der Waals surface area contributed by atoms with Gasteiger partial charge in [0.15, 0.2) is 5.60 Å². The van der Waals surface area contributed by atoms with Crippen LogP contribution in [-0.2, 0) is 57.3 Å². The molecule has 0 unspecified atom stereocenters. The van der Waals surface area contributed by atoms with E-state index < -0.39 is 52.3 Å². The summed E-state index contributed by atoms with van der Waals surface area (Å²) in [6, 6.07) is 17.3. The molecule has 0 spiro atoms. The minimum absolute atomic E-state index is 0.0346. The number of carbonyl (C=O) groups is 2. The number of halogens is 10. The molecule has 19 heteroatoms. The predicted octanol–water partition coefficient (Wildman–Crippen LogP) is 12.0. The van der Waals surface area contributed by atoms with Crippen molar-refractivity contribution in [1.29, 1.82) is 0 Å². The van der Waals surface area contributed by atoms with Crippen molar-refractivity contribution in [1.82, 2.24) is 20.0 Å². The van der Waals surface area contributed by atoms with Crippen LogP contribution in [0.4, 0.5) is 43.9 Å². The summed E-state index contributed by atoms with van der Waals surface area (Å²) in [6.45, 7) is 5.95. The summed E-state index contributed by atoms with van der Waals surface area (Å²) in [5.74, 6) is -1.72. The quantitative estimate of drug-likeness (QED) is 0.169. The van der Waals surface area contributed by atoms with Gasteiger partial charge in [-0.3, -0.25) is 14.6 Å². The SMILES string of the molecule is Fc1cc(C(F)(F)F)cc2c1CCNC2.O=C(N1CCc2c(F)cc(C(F)(F)F)cc2C1)[C@@]1(C2CC2)CC[C@@H](N2CCC(c3ccc(F)cc3)CC2)CO1.O=C(O)[C@@]1(C2CC2)CC[C@@H](N2CCC(c3ccc(F)cc3)CC2)CO1. The number of nitrogens with zero attached hydrogens (tertiary/aromatic N) is 3. The van der Waals surface area contributed by atoms with E-state index in [1.807, 2.05) is 24.3 Å². The Labute approximate surface area is 454 Å². The van der Waals surface area contributed by atoms with Crippen molar-refractivity contribution in [3.8, 4) is 0 Å². The zero-order valence-electron chi connectivity index (χ0n) is 44.1. The van der Waals surface area contributed by atoms with Gasteiger partial charge >= 0.3 is 18.3 Å². The minimum Gasteiger partial charge on any atom is -0.479 e. The van der Waals surface area contributed by atoms with Gasteiger partial charge in [-0.05, 0) is 228 Å². The van der Waals surface area contributed by atoms with E-state index in [1.165, 1.54) is 23.3 Å². The van der Waals surface area contributed by atoms with Gasteiger partial charge < -0.3 is 24.8 Å². The lowest BCUT2D eigenvalue weighted by Gasteiger charge is -2.46. The summed E-state index contributed by atoms with van der Waals surface area (Å²) in [5.41, 5.74) is -0.0996. The van der Waals surface area contributed by atoms with Gasteiger partial charge in [0, 0.05) is 31.7 Å². The highest BCUT2D eigenvalue weighted by atomic mass is 19.4. The van der Waals surface area contributed by atoms with Crippen LogP contribution in [0.25, 0.3) is 0 Å². The van der Waals surface area contributed by atoms with E-state index >= 15 is 0 Å². The Kier molecular flexibility index (Phi) is 16.9. The molecular weight excluding hydrogens is 1050 g/mol. The van der Waals surface area contributed by atoms with E-state index in [0.717, 1.165) is 103 Å². The van der Waals surface area contributed by atoms with E-state index in [9.17, 15) is 58.6 Å². The van der Waals surface area contributed by atoms with Crippen molar-refractivity contribution < 1.29 is 68.1 Å². The maximum Gasteiger partial charge on any atom is 0.416 e. The van der Waals surface area contributed by atoms with Crippen molar-refractivity contribution in [2.75, 3.05) is 52.5 Å².